The molecule has 2 aliphatic rings. The van der Waals surface area contributed by atoms with E-state index in [9.17, 15) is 13.2 Å². The highest BCUT2D eigenvalue weighted by Gasteiger charge is 2.29. The van der Waals surface area contributed by atoms with Gasteiger partial charge in [0.05, 0.1) is 17.1 Å². The van der Waals surface area contributed by atoms with Gasteiger partial charge in [0.2, 0.25) is 6.79 Å². The van der Waals surface area contributed by atoms with Crippen molar-refractivity contribution >= 4 is 21.6 Å². The number of benzene rings is 1. The van der Waals surface area contributed by atoms with Gasteiger partial charge in [0.25, 0.3) is 5.91 Å². The Morgan fingerprint density at radius 1 is 1.19 bits per heavy atom. The molecule has 9 heteroatoms. The van der Waals surface area contributed by atoms with E-state index in [0.29, 0.717) is 24.3 Å². The number of rotatable bonds is 5. The van der Waals surface area contributed by atoms with Crippen LogP contribution in [0.15, 0.2) is 36.5 Å². The highest BCUT2D eigenvalue weighted by atomic mass is 32.2. The van der Waals surface area contributed by atoms with E-state index in [1.54, 1.807) is 12.1 Å². The predicted octanol–water partition coefficient (Wildman–Crippen LogP) is 1.34. The third-order valence-corrected chi connectivity index (χ3v) is 6.27. The van der Waals surface area contributed by atoms with E-state index in [4.69, 9.17) is 9.47 Å². The van der Waals surface area contributed by atoms with E-state index >= 15 is 0 Å². The Kier molecular flexibility index (Phi) is 4.61. The molecule has 0 bridgehead atoms. The van der Waals surface area contributed by atoms with Gasteiger partial charge in [-0.1, -0.05) is 6.07 Å². The molecular weight excluding hydrogens is 370 g/mol. The number of anilines is 1. The molecule has 1 aromatic heterocycles. The second-order valence-corrected chi connectivity index (χ2v) is 8.78. The monoisotopic (exact) mass is 389 g/mol. The Hall–Kier alpha value is -2.81. The summed E-state index contributed by atoms with van der Waals surface area (Å²) in [6, 6.07) is 8.77. The van der Waals surface area contributed by atoms with Crippen molar-refractivity contribution in [2.24, 2.45) is 0 Å². The normalized spacial score (nSPS) is 19.6. The van der Waals surface area contributed by atoms with Crippen LogP contribution >= 0.6 is 0 Å². The van der Waals surface area contributed by atoms with Gasteiger partial charge in [-0.3, -0.25) is 4.79 Å². The number of sulfone groups is 1. The van der Waals surface area contributed by atoms with Crippen LogP contribution in [-0.2, 0) is 16.4 Å². The fourth-order valence-corrected chi connectivity index (χ4v) is 4.73. The second kappa shape index (κ2) is 7.07. The maximum atomic E-state index is 12.2. The first-order valence-electron chi connectivity index (χ1n) is 8.58. The van der Waals surface area contributed by atoms with Crippen LogP contribution in [0, 0.1) is 0 Å². The highest BCUT2D eigenvalue weighted by Crippen LogP contribution is 2.32. The molecule has 2 N–H and O–H groups in total. The molecule has 1 atom stereocenters. The quantitative estimate of drug-likeness (QED) is 0.795. The summed E-state index contributed by atoms with van der Waals surface area (Å²) in [7, 11) is -3.02. The minimum Gasteiger partial charge on any atom is -0.454 e. The summed E-state index contributed by atoms with van der Waals surface area (Å²) in [6.45, 7) is 0.791. The van der Waals surface area contributed by atoms with E-state index < -0.39 is 9.84 Å². The molecule has 0 radical (unpaired) electrons. The van der Waals surface area contributed by atoms with Crippen molar-refractivity contribution in [2.45, 2.75) is 19.0 Å². The third kappa shape index (κ3) is 4.13. The standard InChI is InChI=1S/C18H19N3O5S/c22-18(21-14-5-6-27(23,24)10-14)13-2-4-17(20-9-13)19-8-12-1-3-15-16(7-12)26-11-25-15/h1-4,7,9,14H,5-6,8,10-11H2,(H,19,20)(H,21,22). The van der Waals surface area contributed by atoms with Crippen molar-refractivity contribution in [3.05, 3.63) is 47.7 Å². The van der Waals surface area contributed by atoms with Crippen LogP contribution in [0.4, 0.5) is 5.82 Å². The summed E-state index contributed by atoms with van der Waals surface area (Å²) in [4.78, 5) is 16.5. The lowest BCUT2D eigenvalue weighted by Gasteiger charge is -2.11. The molecule has 0 spiro atoms. The van der Waals surface area contributed by atoms with Gasteiger partial charge in [-0.15, -0.1) is 0 Å². The van der Waals surface area contributed by atoms with Gasteiger partial charge >= 0.3 is 0 Å². The van der Waals surface area contributed by atoms with E-state index in [1.807, 2.05) is 18.2 Å². The summed E-state index contributed by atoms with van der Waals surface area (Å²) < 4.78 is 33.6. The Bertz CT molecular complexity index is 959. The van der Waals surface area contributed by atoms with Gasteiger partial charge in [0.1, 0.15) is 5.82 Å². The van der Waals surface area contributed by atoms with Gasteiger partial charge in [-0.05, 0) is 36.2 Å². The minimum absolute atomic E-state index is 0.00133. The zero-order chi connectivity index (χ0) is 18.9. The molecule has 2 aliphatic heterocycles. The number of amides is 1. The second-order valence-electron chi connectivity index (χ2n) is 6.55. The Balaban J connectivity index is 1.33. The summed E-state index contributed by atoms with van der Waals surface area (Å²) in [5.74, 6) is 1.91. The first-order valence-corrected chi connectivity index (χ1v) is 10.4. The van der Waals surface area contributed by atoms with Crippen LogP contribution in [0.1, 0.15) is 22.3 Å². The number of fused-ring (bicyclic) bond motifs is 1. The minimum atomic E-state index is -3.02. The lowest BCUT2D eigenvalue weighted by molar-refractivity contribution is 0.0941. The molecule has 4 rings (SSSR count). The fraction of sp³-hybridized carbons (Fsp3) is 0.333. The maximum Gasteiger partial charge on any atom is 0.253 e. The molecule has 1 saturated heterocycles. The van der Waals surface area contributed by atoms with Gasteiger partial charge in [-0.2, -0.15) is 0 Å². The zero-order valence-electron chi connectivity index (χ0n) is 14.5. The van der Waals surface area contributed by atoms with Crippen LogP contribution in [0.25, 0.3) is 0 Å². The summed E-state index contributed by atoms with van der Waals surface area (Å²) in [6.07, 6.45) is 1.93. The number of nitrogens with zero attached hydrogens (tertiary/aromatic N) is 1. The smallest absolute Gasteiger partial charge is 0.253 e. The van der Waals surface area contributed by atoms with Crippen molar-refractivity contribution in [3.8, 4) is 11.5 Å². The lowest BCUT2D eigenvalue weighted by Crippen LogP contribution is -2.35. The zero-order valence-corrected chi connectivity index (χ0v) is 15.3. The average Bonchev–Trinajstić information content (AvgIpc) is 3.25. The molecule has 2 aromatic rings. The molecule has 0 aliphatic carbocycles. The molecule has 1 amide bonds. The summed E-state index contributed by atoms with van der Waals surface area (Å²) in [5, 5.41) is 5.93. The molecular formula is C18H19N3O5S. The molecule has 142 valence electrons. The fourth-order valence-electron chi connectivity index (χ4n) is 3.05. The van der Waals surface area contributed by atoms with Crippen molar-refractivity contribution in [3.63, 3.8) is 0 Å². The molecule has 27 heavy (non-hydrogen) atoms. The van der Waals surface area contributed by atoms with Crippen LogP contribution in [-0.4, -0.2) is 43.6 Å². The van der Waals surface area contributed by atoms with E-state index in [1.165, 1.54) is 6.20 Å². The number of carbonyl (C=O) groups excluding carboxylic acids is 1. The molecule has 0 saturated carbocycles. The van der Waals surface area contributed by atoms with Gasteiger partial charge in [-0.25, -0.2) is 13.4 Å². The van der Waals surface area contributed by atoms with Crippen LogP contribution in [0.5, 0.6) is 11.5 Å². The van der Waals surface area contributed by atoms with Crippen LogP contribution in [0.3, 0.4) is 0 Å². The number of aromatic nitrogens is 1. The average molecular weight is 389 g/mol. The van der Waals surface area contributed by atoms with E-state index in [-0.39, 0.29) is 30.2 Å². The summed E-state index contributed by atoms with van der Waals surface area (Å²) in [5.41, 5.74) is 1.42. The summed E-state index contributed by atoms with van der Waals surface area (Å²) >= 11 is 0. The number of hydrogen-bond acceptors (Lipinski definition) is 7. The number of ether oxygens (including phenoxy) is 2. The van der Waals surface area contributed by atoms with Crippen molar-refractivity contribution < 1.29 is 22.7 Å². The van der Waals surface area contributed by atoms with Crippen molar-refractivity contribution in [1.29, 1.82) is 0 Å². The molecule has 1 aromatic carbocycles. The number of pyridine rings is 1. The lowest BCUT2D eigenvalue weighted by atomic mass is 10.2. The highest BCUT2D eigenvalue weighted by molar-refractivity contribution is 7.91. The van der Waals surface area contributed by atoms with Gasteiger partial charge in [0.15, 0.2) is 21.3 Å². The molecule has 1 fully saturated rings. The number of nitrogens with one attached hydrogen (secondary N) is 2. The number of hydrogen-bond donors (Lipinski definition) is 2. The topological polar surface area (TPSA) is 107 Å². The van der Waals surface area contributed by atoms with E-state index in [0.717, 1.165) is 17.1 Å². The molecule has 1 unspecified atom stereocenters. The predicted molar refractivity (Wildman–Crippen MR) is 98.7 cm³/mol. The number of carbonyl (C=O) groups is 1. The van der Waals surface area contributed by atoms with Crippen LogP contribution in [0.2, 0.25) is 0 Å². The molecule has 8 nitrogen and oxygen atoms in total. The van der Waals surface area contributed by atoms with E-state index in [2.05, 4.69) is 15.6 Å². The maximum absolute atomic E-state index is 12.2. The Labute approximate surface area is 156 Å². The third-order valence-electron chi connectivity index (χ3n) is 4.50. The Morgan fingerprint density at radius 3 is 2.78 bits per heavy atom. The Morgan fingerprint density at radius 2 is 2.04 bits per heavy atom. The van der Waals surface area contributed by atoms with Crippen LogP contribution < -0.4 is 20.1 Å². The van der Waals surface area contributed by atoms with Crippen molar-refractivity contribution in [1.82, 2.24) is 10.3 Å². The molecule has 3 heterocycles. The largest absolute Gasteiger partial charge is 0.454 e. The first-order chi connectivity index (χ1) is 13.0. The SMILES string of the molecule is O=C(NC1CCS(=O)(=O)C1)c1ccc(NCc2ccc3c(c2)OCO3)nc1. The van der Waals surface area contributed by atoms with Crippen molar-refractivity contribution in [2.75, 3.05) is 23.6 Å². The van der Waals surface area contributed by atoms with Gasteiger partial charge < -0.3 is 20.1 Å². The first kappa shape index (κ1) is 17.6. The van der Waals surface area contributed by atoms with Gasteiger partial charge in [0, 0.05) is 18.8 Å².